The van der Waals surface area contributed by atoms with E-state index in [4.69, 9.17) is 9.47 Å². The predicted molar refractivity (Wildman–Crippen MR) is 86.4 cm³/mol. The SMILES string of the molecule is CC(NC(=O)[C@@]12CCCC[C@H]1CNC2)c1ccc2c(c1)OCO2. The fraction of sp³-hybridized carbons (Fsp3) is 0.611. The molecule has 1 amide bonds. The van der Waals surface area contributed by atoms with Crippen LogP contribution in [0.25, 0.3) is 0 Å². The van der Waals surface area contributed by atoms with Gasteiger partial charge in [-0.3, -0.25) is 4.79 Å². The molecule has 2 fully saturated rings. The summed E-state index contributed by atoms with van der Waals surface area (Å²) in [7, 11) is 0. The molecule has 3 aliphatic rings. The van der Waals surface area contributed by atoms with E-state index < -0.39 is 0 Å². The van der Waals surface area contributed by atoms with Gasteiger partial charge in [0, 0.05) is 6.54 Å². The summed E-state index contributed by atoms with van der Waals surface area (Å²) in [6, 6.07) is 5.85. The van der Waals surface area contributed by atoms with Gasteiger partial charge in [-0.15, -0.1) is 0 Å². The number of carbonyl (C=O) groups is 1. The summed E-state index contributed by atoms with van der Waals surface area (Å²) in [6.07, 6.45) is 4.58. The maximum atomic E-state index is 13.0. The van der Waals surface area contributed by atoms with Crippen molar-refractivity contribution in [3.63, 3.8) is 0 Å². The number of nitrogens with one attached hydrogen (secondary N) is 2. The third-order valence-corrected chi connectivity index (χ3v) is 5.73. The molecule has 1 saturated carbocycles. The molecule has 3 atom stereocenters. The van der Waals surface area contributed by atoms with Crippen LogP contribution in [0.15, 0.2) is 18.2 Å². The summed E-state index contributed by atoms with van der Waals surface area (Å²) >= 11 is 0. The van der Waals surface area contributed by atoms with Crippen LogP contribution >= 0.6 is 0 Å². The third-order valence-electron chi connectivity index (χ3n) is 5.73. The summed E-state index contributed by atoms with van der Waals surface area (Å²) in [5.74, 6) is 2.23. The molecule has 124 valence electrons. The summed E-state index contributed by atoms with van der Waals surface area (Å²) in [4.78, 5) is 13.0. The number of amides is 1. The molecule has 5 heteroatoms. The van der Waals surface area contributed by atoms with Crippen molar-refractivity contribution in [2.45, 2.75) is 38.6 Å². The molecule has 1 saturated heterocycles. The molecule has 0 spiro atoms. The van der Waals surface area contributed by atoms with Gasteiger partial charge in [0.25, 0.3) is 0 Å². The highest BCUT2D eigenvalue weighted by Crippen LogP contribution is 2.44. The first-order valence-corrected chi connectivity index (χ1v) is 8.60. The molecule has 1 unspecified atom stereocenters. The van der Waals surface area contributed by atoms with E-state index in [-0.39, 0.29) is 24.2 Å². The van der Waals surface area contributed by atoms with Crippen LogP contribution in [0.1, 0.15) is 44.2 Å². The highest BCUT2D eigenvalue weighted by Gasteiger charge is 2.50. The van der Waals surface area contributed by atoms with Gasteiger partial charge in [0.05, 0.1) is 11.5 Å². The monoisotopic (exact) mass is 316 g/mol. The van der Waals surface area contributed by atoms with E-state index in [2.05, 4.69) is 10.6 Å². The fourth-order valence-electron chi connectivity index (χ4n) is 4.30. The smallest absolute Gasteiger partial charge is 0.231 e. The number of carbonyl (C=O) groups excluding carboxylic acids is 1. The lowest BCUT2D eigenvalue weighted by Crippen LogP contribution is -2.48. The Kier molecular flexibility index (Phi) is 3.68. The van der Waals surface area contributed by atoms with E-state index in [0.29, 0.717) is 5.92 Å². The summed E-state index contributed by atoms with van der Waals surface area (Å²) in [6.45, 7) is 4.10. The second-order valence-electron chi connectivity index (χ2n) is 7.04. The molecule has 2 aliphatic heterocycles. The van der Waals surface area contributed by atoms with Gasteiger partial charge < -0.3 is 20.1 Å². The largest absolute Gasteiger partial charge is 0.454 e. The van der Waals surface area contributed by atoms with Crippen LogP contribution in [0.3, 0.4) is 0 Å². The van der Waals surface area contributed by atoms with Gasteiger partial charge in [0.2, 0.25) is 12.7 Å². The Bertz CT molecular complexity index is 618. The minimum Gasteiger partial charge on any atom is -0.454 e. The molecular weight excluding hydrogens is 292 g/mol. The van der Waals surface area contributed by atoms with Gasteiger partial charge in [-0.1, -0.05) is 18.9 Å². The van der Waals surface area contributed by atoms with Crippen molar-refractivity contribution in [2.75, 3.05) is 19.9 Å². The molecule has 0 bridgehead atoms. The highest BCUT2D eigenvalue weighted by atomic mass is 16.7. The average molecular weight is 316 g/mol. The highest BCUT2D eigenvalue weighted by molar-refractivity contribution is 5.84. The Labute approximate surface area is 136 Å². The molecule has 1 aromatic rings. The molecule has 2 N–H and O–H groups in total. The fourth-order valence-corrected chi connectivity index (χ4v) is 4.30. The lowest BCUT2D eigenvalue weighted by Gasteiger charge is -2.38. The molecule has 4 rings (SSSR count). The second kappa shape index (κ2) is 5.71. The van der Waals surface area contributed by atoms with Gasteiger partial charge >= 0.3 is 0 Å². The minimum atomic E-state index is -0.206. The quantitative estimate of drug-likeness (QED) is 0.899. The lowest BCUT2D eigenvalue weighted by atomic mass is 9.67. The van der Waals surface area contributed by atoms with Crippen LogP contribution in [-0.4, -0.2) is 25.8 Å². The van der Waals surface area contributed by atoms with Crippen molar-refractivity contribution in [1.82, 2.24) is 10.6 Å². The van der Waals surface area contributed by atoms with Crippen molar-refractivity contribution < 1.29 is 14.3 Å². The van der Waals surface area contributed by atoms with Crippen LogP contribution in [0.2, 0.25) is 0 Å². The van der Waals surface area contributed by atoms with Gasteiger partial charge in [-0.25, -0.2) is 0 Å². The van der Waals surface area contributed by atoms with Crippen LogP contribution in [0.4, 0.5) is 0 Å². The number of fused-ring (bicyclic) bond motifs is 2. The maximum Gasteiger partial charge on any atom is 0.231 e. The van der Waals surface area contributed by atoms with E-state index in [0.717, 1.165) is 43.0 Å². The van der Waals surface area contributed by atoms with Crippen LogP contribution in [0, 0.1) is 11.3 Å². The molecule has 5 nitrogen and oxygen atoms in total. The number of benzene rings is 1. The zero-order chi connectivity index (χ0) is 15.9. The molecular formula is C18H24N2O3. The molecule has 0 radical (unpaired) electrons. The molecule has 0 aromatic heterocycles. The first-order chi connectivity index (χ1) is 11.2. The Morgan fingerprint density at radius 3 is 3.13 bits per heavy atom. The van der Waals surface area contributed by atoms with E-state index in [1.165, 1.54) is 12.8 Å². The number of rotatable bonds is 3. The average Bonchev–Trinajstić information content (AvgIpc) is 3.21. The van der Waals surface area contributed by atoms with E-state index in [1.54, 1.807) is 0 Å². The normalized spacial score (nSPS) is 29.9. The topological polar surface area (TPSA) is 59.6 Å². The van der Waals surface area contributed by atoms with Gasteiger partial charge in [-0.2, -0.15) is 0 Å². The summed E-state index contributed by atoms with van der Waals surface area (Å²) in [5, 5.41) is 6.68. The van der Waals surface area contributed by atoms with Crippen molar-refractivity contribution in [3.8, 4) is 11.5 Å². The van der Waals surface area contributed by atoms with Crippen molar-refractivity contribution >= 4 is 5.91 Å². The second-order valence-corrected chi connectivity index (χ2v) is 7.04. The van der Waals surface area contributed by atoms with E-state index in [9.17, 15) is 4.79 Å². The summed E-state index contributed by atoms with van der Waals surface area (Å²) in [5.41, 5.74) is 0.848. The third kappa shape index (κ3) is 2.47. The van der Waals surface area contributed by atoms with Gasteiger partial charge in [0.15, 0.2) is 11.5 Å². The predicted octanol–water partition coefficient (Wildman–Crippen LogP) is 2.37. The Hall–Kier alpha value is -1.75. The van der Waals surface area contributed by atoms with E-state index >= 15 is 0 Å². The Morgan fingerprint density at radius 2 is 2.22 bits per heavy atom. The van der Waals surface area contributed by atoms with Crippen LogP contribution < -0.4 is 20.1 Å². The Balaban J connectivity index is 1.49. The molecule has 2 heterocycles. The first-order valence-electron chi connectivity index (χ1n) is 8.60. The lowest BCUT2D eigenvalue weighted by molar-refractivity contribution is -0.134. The van der Waals surface area contributed by atoms with Gasteiger partial charge in [-0.05, 0) is 49.9 Å². The van der Waals surface area contributed by atoms with Crippen molar-refractivity contribution in [3.05, 3.63) is 23.8 Å². The number of ether oxygens (including phenoxy) is 2. The van der Waals surface area contributed by atoms with Gasteiger partial charge in [0.1, 0.15) is 0 Å². The minimum absolute atomic E-state index is 0.0328. The summed E-state index contributed by atoms with van der Waals surface area (Å²) < 4.78 is 10.8. The zero-order valence-electron chi connectivity index (χ0n) is 13.6. The zero-order valence-corrected chi connectivity index (χ0v) is 13.6. The van der Waals surface area contributed by atoms with Crippen LogP contribution in [-0.2, 0) is 4.79 Å². The number of hydrogen-bond acceptors (Lipinski definition) is 4. The van der Waals surface area contributed by atoms with Crippen molar-refractivity contribution in [2.24, 2.45) is 11.3 Å². The van der Waals surface area contributed by atoms with E-state index in [1.807, 2.05) is 25.1 Å². The number of hydrogen-bond donors (Lipinski definition) is 2. The maximum absolute atomic E-state index is 13.0. The molecule has 1 aliphatic carbocycles. The van der Waals surface area contributed by atoms with Crippen LogP contribution in [0.5, 0.6) is 11.5 Å². The molecule has 1 aromatic carbocycles. The first kappa shape index (κ1) is 14.8. The van der Waals surface area contributed by atoms with Crippen molar-refractivity contribution in [1.29, 1.82) is 0 Å². The standard InChI is InChI=1S/C18H24N2O3/c1-12(13-5-6-15-16(8-13)23-11-22-15)20-17(21)18-7-3-2-4-14(18)9-19-10-18/h5-6,8,12,14,19H,2-4,7,9-11H2,1H3,(H,20,21)/t12?,14-,18+/m0/s1. The Morgan fingerprint density at radius 1 is 1.35 bits per heavy atom. The molecule has 23 heavy (non-hydrogen) atoms.